The molecule has 112 valence electrons. The fraction of sp³-hybridized carbons (Fsp3) is 0.267. The van der Waals surface area contributed by atoms with E-state index in [4.69, 9.17) is 21.4 Å². The van der Waals surface area contributed by atoms with Crippen molar-refractivity contribution in [1.29, 1.82) is 0 Å². The summed E-state index contributed by atoms with van der Waals surface area (Å²) in [5.41, 5.74) is 0.498. The molecule has 1 atom stereocenters. The van der Waals surface area contributed by atoms with Gasteiger partial charge in [-0.3, -0.25) is 4.79 Å². The van der Waals surface area contributed by atoms with Crippen LogP contribution in [-0.4, -0.2) is 23.7 Å². The summed E-state index contributed by atoms with van der Waals surface area (Å²) in [4.78, 5) is 12.9. The van der Waals surface area contributed by atoms with E-state index in [9.17, 15) is 4.79 Å². The quantitative estimate of drug-likeness (QED) is 0.858. The number of hydrogen-bond acceptors (Lipinski definition) is 4. The van der Waals surface area contributed by atoms with E-state index in [-0.39, 0.29) is 12.5 Å². The number of benzene rings is 1. The van der Waals surface area contributed by atoms with Crippen molar-refractivity contribution in [2.45, 2.75) is 19.6 Å². The highest BCUT2D eigenvalue weighted by atomic mass is 35.5. The number of rotatable bonds is 6. The molecular formula is C15H16ClNO3S. The van der Waals surface area contributed by atoms with Crippen LogP contribution in [0.3, 0.4) is 0 Å². The normalized spacial score (nSPS) is 12.0. The van der Waals surface area contributed by atoms with Crippen molar-refractivity contribution in [3.05, 3.63) is 51.2 Å². The monoisotopic (exact) mass is 325 g/mol. The first-order chi connectivity index (χ1) is 10.0. The van der Waals surface area contributed by atoms with Crippen LogP contribution in [0.2, 0.25) is 4.34 Å². The average molecular weight is 326 g/mol. The van der Waals surface area contributed by atoms with E-state index < -0.39 is 6.10 Å². The largest absolute Gasteiger partial charge is 0.488 e. The summed E-state index contributed by atoms with van der Waals surface area (Å²) in [7, 11) is 0. The number of thiophene rings is 1. The number of nitrogens with one attached hydrogen (secondary N) is 1. The van der Waals surface area contributed by atoms with Gasteiger partial charge in [-0.15, -0.1) is 11.3 Å². The molecule has 0 aliphatic carbocycles. The number of aliphatic hydroxyl groups excluding tert-OH is 1. The minimum absolute atomic E-state index is 0.220. The van der Waals surface area contributed by atoms with Crippen molar-refractivity contribution >= 4 is 28.8 Å². The molecular weight excluding hydrogens is 310 g/mol. The van der Waals surface area contributed by atoms with Crippen molar-refractivity contribution in [2.75, 3.05) is 6.54 Å². The summed E-state index contributed by atoms with van der Waals surface area (Å²) in [5, 5.41) is 11.8. The fourth-order valence-corrected chi connectivity index (χ4v) is 2.65. The lowest BCUT2D eigenvalue weighted by atomic mass is 10.2. The second-order valence-corrected chi connectivity index (χ2v) is 6.38. The number of hydrogen-bond donors (Lipinski definition) is 2. The summed E-state index contributed by atoms with van der Waals surface area (Å²) in [6.07, 6.45) is -0.572. The molecule has 1 aromatic heterocycles. The lowest BCUT2D eigenvalue weighted by Gasteiger charge is -2.09. The third kappa shape index (κ3) is 5.04. The first-order valence-corrected chi connectivity index (χ1v) is 7.67. The van der Waals surface area contributed by atoms with Gasteiger partial charge >= 0.3 is 0 Å². The molecule has 2 aromatic rings. The Kier molecular flexibility index (Phi) is 5.61. The molecule has 1 aromatic carbocycles. The Morgan fingerprint density at radius 1 is 1.43 bits per heavy atom. The van der Waals surface area contributed by atoms with Crippen LogP contribution in [0.15, 0.2) is 36.4 Å². The van der Waals surface area contributed by atoms with Crippen LogP contribution in [0.25, 0.3) is 0 Å². The maximum absolute atomic E-state index is 11.9. The van der Waals surface area contributed by atoms with Crippen LogP contribution in [0.4, 0.5) is 0 Å². The SMILES string of the molecule is C[C@H](O)CNC(=O)c1cccc(OCc2ccc(Cl)s2)c1. The van der Waals surface area contributed by atoms with Crippen LogP contribution in [0, 0.1) is 0 Å². The van der Waals surface area contributed by atoms with Crippen molar-refractivity contribution < 1.29 is 14.6 Å². The number of amides is 1. The fourth-order valence-electron chi connectivity index (χ4n) is 1.65. The average Bonchev–Trinajstić information content (AvgIpc) is 2.88. The Balaban J connectivity index is 1.95. The van der Waals surface area contributed by atoms with Gasteiger partial charge in [-0.25, -0.2) is 0 Å². The van der Waals surface area contributed by atoms with E-state index in [1.807, 2.05) is 12.1 Å². The lowest BCUT2D eigenvalue weighted by molar-refractivity contribution is 0.0923. The van der Waals surface area contributed by atoms with E-state index in [1.165, 1.54) is 11.3 Å². The second-order valence-electron chi connectivity index (χ2n) is 4.58. The molecule has 0 saturated carbocycles. The zero-order valence-electron chi connectivity index (χ0n) is 11.5. The van der Waals surface area contributed by atoms with Crippen LogP contribution in [-0.2, 0) is 6.61 Å². The van der Waals surface area contributed by atoms with Crippen molar-refractivity contribution in [3.63, 3.8) is 0 Å². The molecule has 0 fully saturated rings. The molecule has 2 N–H and O–H groups in total. The van der Waals surface area contributed by atoms with E-state index >= 15 is 0 Å². The van der Waals surface area contributed by atoms with Crippen molar-refractivity contribution in [2.24, 2.45) is 0 Å². The molecule has 6 heteroatoms. The van der Waals surface area contributed by atoms with Crippen molar-refractivity contribution in [1.82, 2.24) is 5.32 Å². The van der Waals surface area contributed by atoms with Gasteiger partial charge in [-0.1, -0.05) is 17.7 Å². The maximum atomic E-state index is 11.9. The molecule has 4 nitrogen and oxygen atoms in total. The predicted octanol–water partition coefficient (Wildman–Crippen LogP) is 3.09. The van der Waals surface area contributed by atoms with Crippen LogP contribution >= 0.6 is 22.9 Å². The zero-order valence-corrected chi connectivity index (χ0v) is 13.1. The molecule has 0 bridgehead atoms. The smallest absolute Gasteiger partial charge is 0.251 e. The highest BCUT2D eigenvalue weighted by molar-refractivity contribution is 7.16. The van der Waals surface area contributed by atoms with E-state index in [1.54, 1.807) is 31.2 Å². The van der Waals surface area contributed by atoms with Gasteiger partial charge in [0.25, 0.3) is 5.91 Å². The summed E-state index contributed by atoms with van der Waals surface area (Å²) >= 11 is 7.32. The molecule has 0 spiro atoms. The maximum Gasteiger partial charge on any atom is 0.251 e. The highest BCUT2D eigenvalue weighted by Gasteiger charge is 2.08. The minimum atomic E-state index is -0.572. The van der Waals surface area contributed by atoms with Gasteiger partial charge in [-0.05, 0) is 37.3 Å². The minimum Gasteiger partial charge on any atom is -0.488 e. The van der Waals surface area contributed by atoms with Gasteiger partial charge in [0.1, 0.15) is 12.4 Å². The molecule has 0 aliphatic heterocycles. The zero-order chi connectivity index (χ0) is 15.2. The summed E-state index contributed by atoms with van der Waals surface area (Å²) in [6, 6.07) is 10.7. The van der Waals surface area contributed by atoms with Crippen LogP contribution < -0.4 is 10.1 Å². The Bertz CT molecular complexity index is 612. The third-order valence-corrected chi connectivity index (χ3v) is 3.87. The molecule has 0 saturated heterocycles. The Labute approximate surface area is 132 Å². The summed E-state index contributed by atoms with van der Waals surface area (Å²) in [5.74, 6) is 0.379. The standard InChI is InChI=1S/C15H16ClNO3S/c1-10(18)8-17-15(19)11-3-2-4-12(7-11)20-9-13-5-6-14(16)21-13/h2-7,10,18H,8-9H2,1H3,(H,17,19)/t10-/m0/s1. The summed E-state index contributed by atoms with van der Waals surface area (Å²) in [6.45, 7) is 2.25. The van der Waals surface area contributed by atoms with Crippen LogP contribution in [0.1, 0.15) is 22.2 Å². The van der Waals surface area contributed by atoms with Gasteiger partial charge < -0.3 is 15.2 Å². The first-order valence-electron chi connectivity index (χ1n) is 6.48. The van der Waals surface area contributed by atoms with Gasteiger partial charge in [0.2, 0.25) is 0 Å². The van der Waals surface area contributed by atoms with Gasteiger partial charge in [0.05, 0.1) is 10.4 Å². The third-order valence-electron chi connectivity index (χ3n) is 2.66. The molecule has 1 heterocycles. The van der Waals surface area contributed by atoms with Crippen LogP contribution in [0.5, 0.6) is 5.75 Å². The lowest BCUT2D eigenvalue weighted by Crippen LogP contribution is -2.30. The Hall–Kier alpha value is -1.56. The van der Waals surface area contributed by atoms with E-state index in [0.717, 1.165) is 9.21 Å². The topological polar surface area (TPSA) is 58.6 Å². The molecule has 2 rings (SSSR count). The van der Waals surface area contributed by atoms with E-state index in [0.29, 0.717) is 17.9 Å². The number of aliphatic hydroxyl groups is 1. The van der Waals surface area contributed by atoms with Gasteiger partial charge in [0, 0.05) is 17.0 Å². The Morgan fingerprint density at radius 3 is 2.90 bits per heavy atom. The molecule has 21 heavy (non-hydrogen) atoms. The van der Waals surface area contributed by atoms with Crippen molar-refractivity contribution in [3.8, 4) is 5.75 Å². The molecule has 0 radical (unpaired) electrons. The van der Waals surface area contributed by atoms with E-state index in [2.05, 4.69) is 5.32 Å². The highest BCUT2D eigenvalue weighted by Crippen LogP contribution is 2.23. The number of ether oxygens (including phenoxy) is 1. The molecule has 0 unspecified atom stereocenters. The number of halogens is 1. The first kappa shape index (κ1) is 15.8. The van der Waals surface area contributed by atoms with Gasteiger partial charge in [-0.2, -0.15) is 0 Å². The molecule has 1 amide bonds. The molecule has 0 aliphatic rings. The van der Waals surface area contributed by atoms with Gasteiger partial charge in [0.15, 0.2) is 0 Å². The number of carbonyl (C=O) groups excluding carboxylic acids is 1. The Morgan fingerprint density at radius 2 is 2.24 bits per heavy atom. The summed E-state index contributed by atoms with van der Waals surface area (Å²) < 4.78 is 6.37. The number of carbonyl (C=O) groups is 1. The predicted molar refractivity (Wildman–Crippen MR) is 84.1 cm³/mol. The second kappa shape index (κ2) is 7.45.